The molecule has 0 bridgehead atoms. The topological polar surface area (TPSA) is 71.0 Å². The number of halogens is 1. The number of carbonyl (C=O) groups excluding carboxylic acids is 1. The molecule has 1 fully saturated rings. The van der Waals surface area contributed by atoms with Gasteiger partial charge in [-0.15, -0.1) is 11.3 Å². The van der Waals surface area contributed by atoms with Gasteiger partial charge in [-0.3, -0.25) is 10.1 Å². The molecule has 2 aromatic heterocycles. The molecule has 1 N–H and O–H groups in total. The first kappa shape index (κ1) is 12.9. The third-order valence-corrected chi connectivity index (χ3v) is 3.80. The third-order valence-electron chi connectivity index (χ3n) is 3.11. The molecule has 1 amide bonds. The molecule has 0 radical (unpaired) electrons. The van der Waals surface area contributed by atoms with Crippen LogP contribution in [0.25, 0.3) is 0 Å². The molecular weight excluding hydrogens is 281 g/mol. The first-order chi connectivity index (χ1) is 9.67. The fourth-order valence-electron chi connectivity index (χ4n) is 2.08. The smallest absolute Gasteiger partial charge is 0.265 e. The molecule has 3 heterocycles. The van der Waals surface area contributed by atoms with Crippen molar-refractivity contribution in [2.75, 3.05) is 23.3 Å². The van der Waals surface area contributed by atoms with Crippen LogP contribution in [0.2, 0.25) is 0 Å². The van der Waals surface area contributed by atoms with Gasteiger partial charge in [-0.05, 0) is 6.07 Å². The number of rotatable bonds is 3. The van der Waals surface area contributed by atoms with Gasteiger partial charge in [0, 0.05) is 36.9 Å². The molecule has 20 heavy (non-hydrogen) atoms. The van der Waals surface area contributed by atoms with E-state index in [1.807, 2.05) is 0 Å². The number of amides is 1. The van der Waals surface area contributed by atoms with Crippen LogP contribution in [-0.2, 0) is 4.79 Å². The molecule has 0 spiro atoms. The van der Waals surface area contributed by atoms with Crippen molar-refractivity contribution in [2.24, 2.45) is 0 Å². The van der Waals surface area contributed by atoms with Crippen molar-refractivity contribution in [1.29, 1.82) is 0 Å². The Kier molecular flexibility index (Phi) is 3.31. The summed E-state index contributed by atoms with van der Waals surface area (Å²) in [5.74, 6) is -0.222. The maximum atomic E-state index is 14.7. The van der Waals surface area contributed by atoms with Gasteiger partial charge in [-0.1, -0.05) is 0 Å². The molecule has 6 nitrogen and oxygen atoms in total. The van der Waals surface area contributed by atoms with Crippen molar-refractivity contribution in [3.05, 3.63) is 30.0 Å². The number of hydrogen-bond acceptors (Lipinski definition) is 6. The fraction of sp³-hybridized carbons (Fsp3) is 0.333. The van der Waals surface area contributed by atoms with E-state index in [1.165, 1.54) is 11.3 Å². The molecule has 1 saturated heterocycles. The van der Waals surface area contributed by atoms with Crippen molar-refractivity contribution in [3.8, 4) is 0 Å². The zero-order chi connectivity index (χ0) is 14.0. The van der Waals surface area contributed by atoms with Crippen molar-refractivity contribution >= 4 is 28.3 Å². The van der Waals surface area contributed by atoms with Crippen LogP contribution in [0.3, 0.4) is 0 Å². The van der Waals surface area contributed by atoms with Crippen molar-refractivity contribution in [1.82, 2.24) is 15.0 Å². The average molecular weight is 293 g/mol. The van der Waals surface area contributed by atoms with E-state index in [2.05, 4.69) is 20.3 Å². The fourth-order valence-corrected chi connectivity index (χ4v) is 2.60. The number of nitrogens with zero attached hydrogens (tertiary/aromatic N) is 4. The summed E-state index contributed by atoms with van der Waals surface area (Å²) < 4.78 is 14.7. The number of aromatic nitrogens is 3. The van der Waals surface area contributed by atoms with Gasteiger partial charge in [-0.25, -0.2) is 19.3 Å². The summed E-state index contributed by atoms with van der Waals surface area (Å²) >= 11 is 1.26. The summed E-state index contributed by atoms with van der Waals surface area (Å²) in [5.41, 5.74) is -1.94. The van der Waals surface area contributed by atoms with Crippen LogP contribution in [0.4, 0.5) is 15.5 Å². The Bertz CT molecular complexity index is 593. The zero-order valence-corrected chi connectivity index (χ0v) is 11.3. The van der Waals surface area contributed by atoms with E-state index in [9.17, 15) is 9.18 Å². The van der Waals surface area contributed by atoms with Gasteiger partial charge in [0.25, 0.3) is 5.91 Å². The summed E-state index contributed by atoms with van der Waals surface area (Å²) in [4.78, 5) is 25.7. The van der Waals surface area contributed by atoms with Crippen LogP contribution in [0.1, 0.15) is 6.42 Å². The van der Waals surface area contributed by atoms with Crippen molar-refractivity contribution < 1.29 is 9.18 Å². The van der Waals surface area contributed by atoms with Gasteiger partial charge in [0.2, 0.25) is 11.6 Å². The highest BCUT2D eigenvalue weighted by Crippen LogP contribution is 2.29. The second-order valence-electron chi connectivity index (χ2n) is 4.48. The van der Waals surface area contributed by atoms with Crippen LogP contribution in [-0.4, -0.2) is 39.6 Å². The first-order valence-corrected chi connectivity index (χ1v) is 6.97. The molecule has 104 valence electrons. The van der Waals surface area contributed by atoms with Gasteiger partial charge in [0.1, 0.15) is 0 Å². The Hall–Kier alpha value is -2.09. The molecule has 8 heteroatoms. The van der Waals surface area contributed by atoms with Gasteiger partial charge < -0.3 is 4.90 Å². The van der Waals surface area contributed by atoms with E-state index >= 15 is 0 Å². The lowest BCUT2D eigenvalue weighted by molar-refractivity contribution is -0.126. The van der Waals surface area contributed by atoms with Crippen LogP contribution in [0, 0.1) is 0 Å². The normalized spacial score (nSPS) is 21.9. The van der Waals surface area contributed by atoms with Crippen LogP contribution in [0.5, 0.6) is 0 Å². The average Bonchev–Trinajstić information content (AvgIpc) is 3.10. The Morgan fingerprint density at radius 2 is 2.15 bits per heavy atom. The van der Waals surface area contributed by atoms with Gasteiger partial charge in [0.05, 0.1) is 6.54 Å². The third kappa shape index (κ3) is 2.46. The highest BCUT2D eigenvalue weighted by atomic mass is 32.1. The van der Waals surface area contributed by atoms with Crippen molar-refractivity contribution in [2.45, 2.75) is 12.1 Å². The highest BCUT2D eigenvalue weighted by molar-refractivity contribution is 7.13. The number of alkyl halides is 1. The second-order valence-corrected chi connectivity index (χ2v) is 5.37. The molecule has 3 rings (SSSR count). The summed E-state index contributed by atoms with van der Waals surface area (Å²) in [6.07, 6.45) is 4.86. The quantitative estimate of drug-likeness (QED) is 0.928. The Morgan fingerprint density at radius 3 is 2.85 bits per heavy atom. The zero-order valence-electron chi connectivity index (χ0n) is 10.5. The minimum Gasteiger partial charge on any atom is -0.337 e. The van der Waals surface area contributed by atoms with E-state index in [-0.39, 0.29) is 13.0 Å². The summed E-state index contributed by atoms with van der Waals surface area (Å²) in [7, 11) is 0. The van der Waals surface area contributed by atoms with Crippen LogP contribution >= 0.6 is 11.3 Å². The molecule has 0 saturated carbocycles. The number of carbonyl (C=O) groups is 1. The highest BCUT2D eigenvalue weighted by Gasteiger charge is 2.46. The Morgan fingerprint density at radius 1 is 1.35 bits per heavy atom. The summed E-state index contributed by atoms with van der Waals surface area (Å²) in [5, 5.41) is 4.63. The Labute approximate surface area is 118 Å². The summed E-state index contributed by atoms with van der Waals surface area (Å²) in [6, 6.07) is 1.69. The van der Waals surface area contributed by atoms with E-state index in [1.54, 1.807) is 34.9 Å². The van der Waals surface area contributed by atoms with Gasteiger partial charge in [0.15, 0.2) is 5.13 Å². The first-order valence-electron chi connectivity index (χ1n) is 6.09. The van der Waals surface area contributed by atoms with E-state index < -0.39 is 11.6 Å². The molecular formula is C12H12FN5OS. The number of anilines is 2. The predicted octanol–water partition coefficient (Wildman–Crippen LogP) is 1.49. The lowest BCUT2D eigenvalue weighted by Gasteiger charge is -2.19. The molecule has 2 aromatic rings. The largest absolute Gasteiger partial charge is 0.337 e. The SMILES string of the molecule is O=C(Nc1nccs1)C1(F)CCN(c2ncccn2)C1. The van der Waals surface area contributed by atoms with Crippen LogP contribution < -0.4 is 10.2 Å². The molecule has 1 unspecified atom stereocenters. The number of hydrogen-bond donors (Lipinski definition) is 1. The van der Waals surface area contributed by atoms with Crippen LogP contribution in [0.15, 0.2) is 30.0 Å². The second kappa shape index (κ2) is 5.12. The molecule has 1 atom stereocenters. The molecule has 1 aliphatic rings. The van der Waals surface area contributed by atoms with E-state index in [4.69, 9.17) is 0 Å². The number of nitrogens with one attached hydrogen (secondary N) is 1. The lowest BCUT2D eigenvalue weighted by Crippen LogP contribution is -2.41. The Balaban J connectivity index is 1.70. The maximum Gasteiger partial charge on any atom is 0.265 e. The summed E-state index contributed by atoms with van der Waals surface area (Å²) in [6.45, 7) is 0.361. The minimum atomic E-state index is -1.94. The monoisotopic (exact) mass is 293 g/mol. The van der Waals surface area contributed by atoms with Gasteiger partial charge in [-0.2, -0.15) is 0 Å². The predicted molar refractivity (Wildman–Crippen MR) is 73.4 cm³/mol. The van der Waals surface area contributed by atoms with Gasteiger partial charge >= 0.3 is 0 Å². The molecule has 1 aliphatic heterocycles. The standard InChI is InChI=1S/C12H12FN5OS/c13-12(9(19)17-11-16-5-7-20-11)2-6-18(8-12)10-14-3-1-4-15-10/h1,3-5,7H,2,6,8H2,(H,16,17,19). The minimum absolute atomic E-state index is 0.0474. The molecule has 0 aromatic carbocycles. The van der Waals surface area contributed by atoms with Crippen molar-refractivity contribution in [3.63, 3.8) is 0 Å². The van der Waals surface area contributed by atoms with E-state index in [0.29, 0.717) is 17.6 Å². The maximum absolute atomic E-state index is 14.7. The molecule has 0 aliphatic carbocycles. The number of thiazole rings is 1. The lowest BCUT2D eigenvalue weighted by atomic mass is 10.1. The van der Waals surface area contributed by atoms with E-state index in [0.717, 1.165) is 0 Å².